The van der Waals surface area contributed by atoms with Crippen LogP contribution in [0.25, 0.3) is 0 Å². The second-order valence-electron chi connectivity index (χ2n) is 4.63. The molecule has 0 aromatic heterocycles. The van der Waals surface area contributed by atoms with Gasteiger partial charge in [-0.25, -0.2) is 4.79 Å². The van der Waals surface area contributed by atoms with Gasteiger partial charge in [0.1, 0.15) is 5.75 Å². The van der Waals surface area contributed by atoms with E-state index < -0.39 is 5.97 Å². The Morgan fingerprint density at radius 2 is 2.00 bits per heavy atom. The second-order valence-corrected chi connectivity index (χ2v) is 4.63. The minimum absolute atomic E-state index is 0.101. The molecule has 0 saturated heterocycles. The summed E-state index contributed by atoms with van der Waals surface area (Å²) in [5.41, 5.74) is 6.40. The third-order valence-electron chi connectivity index (χ3n) is 2.95. The van der Waals surface area contributed by atoms with E-state index >= 15 is 0 Å². The number of hydrogen-bond donors (Lipinski definition) is 1. The first-order valence-electron chi connectivity index (χ1n) is 6.23. The summed E-state index contributed by atoms with van der Waals surface area (Å²) in [5.74, 6) is -0.251. The minimum Gasteiger partial charge on any atom is -0.482 e. The van der Waals surface area contributed by atoms with Crippen LogP contribution in [-0.4, -0.2) is 43.6 Å². The van der Waals surface area contributed by atoms with Gasteiger partial charge >= 0.3 is 5.97 Å². The fourth-order valence-corrected chi connectivity index (χ4v) is 1.45. The highest BCUT2D eigenvalue weighted by molar-refractivity contribution is 5.91. The van der Waals surface area contributed by atoms with E-state index in [4.69, 9.17) is 10.5 Å². The SMILES string of the molecule is COC(=O)c1ccc(OCC(=O)N(C)C(C)C)c(N)c1. The molecular formula is C14H20N2O4. The van der Waals surface area contributed by atoms with Gasteiger partial charge in [-0.1, -0.05) is 0 Å². The molecule has 0 fully saturated rings. The summed E-state index contributed by atoms with van der Waals surface area (Å²) in [6.07, 6.45) is 0. The Morgan fingerprint density at radius 1 is 1.35 bits per heavy atom. The summed E-state index contributed by atoms with van der Waals surface area (Å²) in [7, 11) is 3.00. The molecule has 1 rings (SSSR count). The lowest BCUT2D eigenvalue weighted by Gasteiger charge is -2.21. The first kappa shape index (κ1) is 15.8. The zero-order valence-electron chi connectivity index (χ0n) is 12.2. The van der Waals surface area contributed by atoms with Gasteiger partial charge in [0.25, 0.3) is 5.91 Å². The van der Waals surface area contributed by atoms with E-state index in [-0.39, 0.29) is 24.2 Å². The molecule has 1 amide bonds. The summed E-state index contributed by atoms with van der Waals surface area (Å²) in [5, 5.41) is 0. The van der Waals surface area contributed by atoms with Gasteiger partial charge < -0.3 is 20.1 Å². The Labute approximate surface area is 118 Å². The zero-order chi connectivity index (χ0) is 15.3. The van der Waals surface area contributed by atoms with E-state index in [1.807, 2.05) is 13.8 Å². The Balaban J connectivity index is 2.70. The number of methoxy groups -OCH3 is 1. The van der Waals surface area contributed by atoms with Crippen LogP contribution < -0.4 is 10.5 Å². The van der Waals surface area contributed by atoms with Crippen LogP contribution >= 0.6 is 0 Å². The van der Waals surface area contributed by atoms with Crippen LogP contribution in [0.4, 0.5) is 5.69 Å². The molecule has 2 N–H and O–H groups in total. The fourth-order valence-electron chi connectivity index (χ4n) is 1.45. The molecule has 0 aliphatic heterocycles. The molecule has 0 aliphatic rings. The number of esters is 1. The Morgan fingerprint density at radius 3 is 2.50 bits per heavy atom. The van der Waals surface area contributed by atoms with Crippen LogP contribution in [-0.2, 0) is 9.53 Å². The molecule has 0 spiro atoms. The van der Waals surface area contributed by atoms with Crippen LogP contribution in [0.2, 0.25) is 0 Å². The highest BCUT2D eigenvalue weighted by Gasteiger charge is 2.14. The van der Waals surface area contributed by atoms with Crippen molar-refractivity contribution in [3.05, 3.63) is 23.8 Å². The topological polar surface area (TPSA) is 81.9 Å². The van der Waals surface area contributed by atoms with Crippen molar-refractivity contribution in [3.63, 3.8) is 0 Å². The average molecular weight is 280 g/mol. The van der Waals surface area contributed by atoms with Crippen LogP contribution in [0.3, 0.4) is 0 Å². The maximum Gasteiger partial charge on any atom is 0.337 e. The zero-order valence-corrected chi connectivity index (χ0v) is 12.2. The number of benzene rings is 1. The third-order valence-corrected chi connectivity index (χ3v) is 2.95. The predicted octanol–water partition coefficient (Wildman–Crippen LogP) is 1.30. The Hall–Kier alpha value is -2.24. The largest absolute Gasteiger partial charge is 0.482 e. The monoisotopic (exact) mass is 280 g/mol. The average Bonchev–Trinajstić information content (AvgIpc) is 2.43. The van der Waals surface area contributed by atoms with Crippen molar-refractivity contribution in [2.75, 3.05) is 26.5 Å². The molecule has 0 saturated carbocycles. The van der Waals surface area contributed by atoms with Crippen molar-refractivity contribution < 1.29 is 19.1 Å². The smallest absolute Gasteiger partial charge is 0.337 e. The predicted molar refractivity (Wildman–Crippen MR) is 75.6 cm³/mol. The fraction of sp³-hybridized carbons (Fsp3) is 0.429. The van der Waals surface area contributed by atoms with Crippen LogP contribution in [0, 0.1) is 0 Å². The van der Waals surface area contributed by atoms with Gasteiger partial charge in [-0.15, -0.1) is 0 Å². The molecule has 0 bridgehead atoms. The van der Waals surface area contributed by atoms with Crippen molar-refractivity contribution in [2.24, 2.45) is 0 Å². The van der Waals surface area contributed by atoms with Crippen LogP contribution in [0.5, 0.6) is 5.75 Å². The molecule has 20 heavy (non-hydrogen) atoms. The van der Waals surface area contributed by atoms with Gasteiger partial charge in [0.15, 0.2) is 6.61 Å². The summed E-state index contributed by atoms with van der Waals surface area (Å²) >= 11 is 0. The maximum atomic E-state index is 11.8. The maximum absolute atomic E-state index is 11.8. The van der Waals surface area contributed by atoms with Crippen molar-refractivity contribution in [1.29, 1.82) is 0 Å². The van der Waals surface area contributed by atoms with Gasteiger partial charge in [-0.2, -0.15) is 0 Å². The number of carbonyl (C=O) groups is 2. The highest BCUT2D eigenvalue weighted by Crippen LogP contribution is 2.23. The van der Waals surface area contributed by atoms with E-state index in [1.54, 1.807) is 18.0 Å². The van der Waals surface area contributed by atoms with Gasteiger partial charge in [0, 0.05) is 13.1 Å². The van der Waals surface area contributed by atoms with Crippen molar-refractivity contribution >= 4 is 17.6 Å². The molecule has 1 aromatic rings. The molecule has 0 unspecified atom stereocenters. The normalized spacial score (nSPS) is 10.2. The summed E-state index contributed by atoms with van der Waals surface area (Å²) < 4.78 is 9.96. The Bertz CT molecular complexity index is 500. The number of hydrogen-bond acceptors (Lipinski definition) is 5. The molecule has 0 heterocycles. The highest BCUT2D eigenvalue weighted by atomic mass is 16.5. The number of nitrogens with two attached hydrogens (primary N) is 1. The number of likely N-dealkylation sites (N-methyl/N-ethyl adjacent to an activating group) is 1. The lowest BCUT2D eigenvalue weighted by molar-refractivity contribution is -0.133. The van der Waals surface area contributed by atoms with E-state index in [1.165, 1.54) is 19.2 Å². The molecule has 6 heteroatoms. The van der Waals surface area contributed by atoms with Crippen molar-refractivity contribution in [2.45, 2.75) is 19.9 Å². The lowest BCUT2D eigenvalue weighted by Crippen LogP contribution is -2.36. The molecular weight excluding hydrogens is 260 g/mol. The van der Waals surface area contributed by atoms with Crippen molar-refractivity contribution in [3.8, 4) is 5.75 Å². The molecule has 6 nitrogen and oxygen atoms in total. The Kier molecular flexibility index (Phi) is 5.37. The molecule has 110 valence electrons. The second kappa shape index (κ2) is 6.79. The van der Waals surface area contributed by atoms with E-state index in [0.29, 0.717) is 11.3 Å². The van der Waals surface area contributed by atoms with Crippen LogP contribution in [0.1, 0.15) is 24.2 Å². The molecule has 0 atom stereocenters. The number of rotatable bonds is 5. The van der Waals surface area contributed by atoms with Crippen LogP contribution in [0.15, 0.2) is 18.2 Å². The van der Waals surface area contributed by atoms with Gasteiger partial charge in [-0.3, -0.25) is 4.79 Å². The summed E-state index contributed by atoms with van der Waals surface area (Å²) in [6, 6.07) is 4.64. The number of nitrogen functional groups attached to an aromatic ring is 1. The van der Waals surface area contributed by atoms with E-state index in [2.05, 4.69) is 4.74 Å². The van der Waals surface area contributed by atoms with Crippen molar-refractivity contribution in [1.82, 2.24) is 4.90 Å². The number of ether oxygens (including phenoxy) is 2. The number of nitrogens with zero attached hydrogens (tertiary/aromatic N) is 1. The first-order chi connectivity index (χ1) is 9.36. The summed E-state index contributed by atoms with van der Waals surface area (Å²) in [6.45, 7) is 3.73. The van der Waals surface area contributed by atoms with E-state index in [9.17, 15) is 9.59 Å². The molecule has 1 aromatic carbocycles. The van der Waals surface area contributed by atoms with Gasteiger partial charge in [0.05, 0.1) is 18.4 Å². The van der Waals surface area contributed by atoms with Gasteiger partial charge in [0.2, 0.25) is 0 Å². The standard InChI is InChI=1S/C14H20N2O4/c1-9(2)16(3)13(17)8-20-12-6-5-10(7-11(12)15)14(18)19-4/h5-7,9H,8,15H2,1-4H3. The molecule has 0 aliphatic carbocycles. The summed E-state index contributed by atoms with van der Waals surface area (Å²) in [4.78, 5) is 24.7. The number of anilines is 1. The quantitative estimate of drug-likeness (QED) is 0.649. The first-order valence-corrected chi connectivity index (χ1v) is 6.23. The third kappa shape index (κ3) is 3.88. The molecule has 0 radical (unpaired) electrons. The van der Waals surface area contributed by atoms with E-state index in [0.717, 1.165) is 0 Å². The lowest BCUT2D eigenvalue weighted by atomic mass is 10.2. The van der Waals surface area contributed by atoms with Gasteiger partial charge in [-0.05, 0) is 32.0 Å². The number of carbonyl (C=O) groups excluding carboxylic acids is 2. The minimum atomic E-state index is -0.473. The number of amides is 1.